The van der Waals surface area contributed by atoms with Gasteiger partial charge >= 0.3 is 12.1 Å². The minimum Gasteiger partial charge on any atom is -0.497 e. The normalized spacial score (nSPS) is 18.4. The number of esters is 1. The average molecular weight is 396 g/mol. The first-order valence-electron chi connectivity index (χ1n) is 8.53. The van der Waals surface area contributed by atoms with E-state index in [-0.39, 0.29) is 17.9 Å². The van der Waals surface area contributed by atoms with E-state index in [1.807, 2.05) is 6.07 Å². The second kappa shape index (κ2) is 7.35. The molecule has 3 rings (SSSR count). The zero-order valence-corrected chi connectivity index (χ0v) is 15.2. The second-order valence-corrected chi connectivity index (χ2v) is 6.70. The molecule has 0 unspecified atom stereocenters. The Hall–Kier alpha value is -2.74. The summed E-state index contributed by atoms with van der Waals surface area (Å²) in [5.74, 6) is 0.291. The van der Waals surface area contributed by atoms with Crippen LogP contribution in [0, 0.1) is 5.92 Å². The van der Waals surface area contributed by atoms with Crippen molar-refractivity contribution in [1.29, 1.82) is 0 Å². The molecule has 0 radical (unpaired) electrons. The van der Waals surface area contributed by atoms with E-state index in [9.17, 15) is 23.1 Å². The SMILES string of the molecule is COc1ccc2c(c1)OC[C@@H](C(=O)Oc1ccc([C@@](C)(O)C(F)(F)F)cc1)C2. The molecule has 28 heavy (non-hydrogen) atoms. The van der Waals surface area contributed by atoms with Gasteiger partial charge in [-0.05, 0) is 42.7 Å². The van der Waals surface area contributed by atoms with Crippen LogP contribution in [0.15, 0.2) is 42.5 Å². The molecule has 8 heteroatoms. The van der Waals surface area contributed by atoms with E-state index in [0.717, 1.165) is 17.7 Å². The van der Waals surface area contributed by atoms with E-state index in [0.29, 0.717) is 24.8 Å². The van der Waals surface area contributed by atoms with Crippen molar-refractivity contribution >= 4 is 5.97 Å². The number of methoxy groups -OCH3 is 1. The summed E-state index contributed by atoms with van der Waals surface area (Å²) in [4.78, 5) is 12.4. The lowest BCUT2D eigenvalue weighted by Gasteiger charge is -2.27. The minimum absolute atomic E-state index is 0.0900. The number of halogens is 3. The van der Waals surface area contributed by atoms with Gasteiger partial charge in [0.1, 0.15) is 23.9 Å². The van der Waals surface area contributed by atoms with Crippen molar-refractivity contribution in [3.05, 3.63) is 53.6 Å². The molecule has 1 heterocycles. The standard InChI is InChI=1S/C20H19F3O5/c1-19(25,20(21,22)23)14-4-7-15(8-5-14)28-18(24)13-9-12-3-6-16(26-2)10-17(12)27-11-13/h3-8,10,13,25H,9,11H2,1-2H3/t13-,19+/m0/s1. The molecule has 2 aromatic carbocycles. The lowest BCUT2D eigenvalue weighted by atomic mass is 9.95. The highest BCUT2D eigenvalue weighted by Crippen LogP contribution is 2.39. The third-order valence-corrected chi connectivity index (χ3v) is 4.70. The quantitative estimate of drug-likeness (QED) is 0.632. The summed E-state index contributed by atoms with van der Waals surface area (Å²) in [6.45, 7) is 0.791. The maximum atomic E-state index is 12.9. The Labute approximate surface area is 159 Å². The first-order valence-corrected chi connectivity index (χ1v) is 8.53. The van der Waals surface area contributed by atoms with Crippen molar-refractivity contribution in [3.63, 3.8) is 0 Å². The van der Waals surface area contributed by atoms with E-state index >= 15 is 0 Å². The fourth-order valence-corrected chi connectivity index (χ4v) is 2.84. The van der Waals surface area contributed by atoms with Gasteiger partial charge in [-0.25, -0.2) is 0 Å². The number of carbonyl (C=O) groups excluding carboxylic acids is 1. The number of rotatable bonds is 4. The maximum absolute atomic E-state index is 12.9. The van der Waals surface area contributed by atoms with E-state index in [4.69, 9.17) is 14.2 Å². The fraction of sp³-hybridized carbons (Fsp3) is 0.350. The van der Waals surface area contributed by atoms with Crippen LogP contribution < -0.4 is 14.2 Å². The predicted molar refractivity (Wildman–Crippen MR) is 93.4 cm³/mol. The minimum atomic E-state index is -4.82. The summed E-state index contributed by atoms with van der Waals surface area (Å²) in [6, 6.07) is 9.90. The van der Waals surface area contributed by atoms with Crippen LogP contribution in [0.2, 0.25) is 0 Å². The zero-order valence-electron chi connectivity index (χ0n) is 15.2. The molecule has 1 N–H and O–H groups in total. The molecule has 0 aliphatic carbocycles. The summed E-state index contributed by atoms with van der Waals surface area (Å²) < 4.78 is 54.6. The Bertz CT molecular complexity index is 859. The molecule has 0 fully saturated rings. The van der Waals surface area contributed by atoms with Crippen LogP contribution in [0.3, 0.4) is 0 Å². The molecule has 0 saturated carbocycles. The van der Waals surface area contributed by atoms with Gasteiger partial charge in [0.2, 0.25) is 0 Å². The first kappa shape index (κ1) is 20.0. The topological polar surface area (TPSA) is 65.0 Å². The summed E-state index contributed by atoms with van der Waals surface area (Å²) in [6.07, 6.45) is -4.40. The molecule has 2 atom stereocenters. The Balaban J connectivity index is 1.67. The molecular formula is C20H19F3O5. The third-order valence-electron chi connectivity index (χ3n) is 4.70. The van der Waals surface area contributed by atoms with Crippen LogP contribution in [0.25, 0.3) is 0 Å². The number of hydrogen-bond acceptors (Lipinski definition) is 5. The highest BCUT2D eigenvalue weighted by atomic mass is 19.4. The molecule has 0 bridgehead atoms. The second-order valence-electron chi connectivity index (χ2n) is 6.70. The lowest BCUT2D eigenvalue weighted by Crippen LogP contribution is -2.39. The molecule has 150 valence electrons. The van der Waals surface area contributed by atoms with Gasteiger partial charge in [0, 0.05) is 6.07 Å². The van der Waals surface area contributed by atoms with Crippen LogP contribution in [0.5, 0.6) is 17.2 Å². The predicted octanol–water partition coefficient (Wildman–Crippen LogP) is 3.62. The number of ether oxygens (including phenoxy) is 3. The fourth-order valence-electron chi connectivity index (χ4n) is 2.84. The van der Waals surface area contributed by atoms with Crippen LogP contribution in [0.1, 0.15) is 18.1 Å². The summed E-state index contributed by atoms with van der Waals surface area (Å²) in [7, 11) is 1.55. The van der Waals surface area contributed by atoms with E-state index in [1.165, 1.54) is 12.1 Å². The first-order chi connectivity index (χ1) is 13.1. The Kier molecular flexibility index (Phi) is 5.25. The molecule has 1 aliphatic rings. The smallest absolute Gasteiger partial charge is 0.421 e. The highest BCUT2D eigenvalue weighted by Gasteiger charge is 2.51. The zero-order chi connectivity index (χ0) is 20.5. The van der Waals surface area contributed by atoms with E-state index < -0.39 is 23.7 Å². The molecule has 0 aromatic heterocycles. The van der Waals surface area contributed by atoms with Crippen LogP contribution in [-0.4, -0.2) is 31.0 Å². The number of carbonyl (C=O) groups is 1. The number of alkyl halides is 3. The Morgan fingerprint density at radius 2 is 1.79 bits per heavy atom. The van der Waals surface area contributed by atoms with Gasteiger partial charge in [0.05, 0.1) is 13.0 Å². The molecule has 1 aliphatic heterocycles. The monoisotopic (exact) mass is 396 g/mol. The van der Waals surface area contributed by atoms with Gasteiger partial charge in [-0.1, -0.05) is 18.2 Å². The van der Waals surface area contributed by atoms with Gasteiger partial charge in [-0.15, -0.1) is 0 Å². The van der Waals surface area contributed by atoms with Crippen molar-refractivity contribution in [1.82, 2.24) is 0 Å². The van der Waals surface area contributed by atoms with E-state index in [1.54, 1.807) is 19.2 Å². The van der Waals surface area contributed by atoms with Crippen molar-refractivity contribution in [3.8, 4) is 17.2 Å². The Morgan fingerprint density at radius 1 is 1.14 bits per heavy atom. The molecule has 0 spiro atoms. The van der Waals surface area contributed by atoms with Crippen LogP contribution >= 0.6 is 0 Å². The average Bonchev–Trinajstić information content (AvgIpc) is 2.66. The van der Waals surface area contributed by atoms with Crippen molar-refractivity contribution in [2.45, 2.75) is 25.1 Å². The molecular weight excluding hydrogens is 377 g/mol. The van der Waals surface area contributed by atoms with Gasteiger partial charge in [0.25, 0.3) is 0 Å². The molecule has 5 nitrogen and oxygen atoms in total. The van der Waals surface area contributed by atoms with Crippen LogP contribution in [-0.2, 0) is 16.8 Å². The lowest BCUT2D eigenvalue weighted by molar-refractivity contribution is -0.258. The van der Waals surface area contributed by atoms with Gasteiger partial charge in [0.15, 0.2) is 5.60 Å². The third kappa shape index (κ3) is 3.91. The van der Waals surface area contributed by atoms with Crippen molar-refractivity contribution in [2.75, 3.05) is 13.7 Å². The largest absolute Gasteiger partial charge is 0.497 e. The summed E-state index contributed by atoms with van der Waals surface area (Å²) in [5.41, 5.74) is -2.49. The van der Waals surface area contributed by atoms with Gasteiger partial charge in [-0.2, -0.15) is 13.2 Å². The highest BCUT2D eigenvalue weighted by molar-refractivity contribution is 5.76. The van der Waals surface area contributed by atoms with E-state index in [2.05, 4.69) is 0 Å². The molecule has 2 aromatic rings. The number of benzene rings is 2. The number of fused-ring (bicyclic) bond motifs is 1. The Morgan fingerprint density at radius 3 is 2.39 bits per heavy atom. The van der Waals surface area contributed by atoms with Crippen molar-refractivity contribution < 1.29 is 37.3 Å². The maximum Gasteiger partial charge on any atom is 0.421 e. The van der Waals surface area contributed by atoms with Crippen LogP contribution in [0.4, 0.5) is 13.2 Å². The summed E-state index contributed by atoms with van der Waals surface area (Å²) in [5, 5.41) is 9.67. The van der Waals surface area contributed by atoms with Gasteiger partial charge in [-0.3, -0.25) is 4.79 Å². The molecule has 0 saturated heterocycles. The molecule has 0 amide bonds. The summed E-state index contributed by atoms with van der Waals surface area (Å²) >= 11 is 0. The van der Waals surface area contributed by atoms with Gasteiger partial charge < -0.3 is 19.3 Å². The number of aliphatic hydroxyl groups is 1. The number of hydrogen-bond donors (Lipinski definition) is 1. The van der Waals surface area contributed by atoms with Crippen molar-refractivity contribution in [2.24, 2.45) is 5.92 Å².